The molecule has 0 fully saturated rings. The highest BCUT2D eigenvalue weighted by atomic mass is 16.6. The Labute approximate surface area is 406 Å². The van der Waals surface area contributed by atoms with Gasteiger partial charge in [0.2, 0.25) is 0 Å². The van der Waals surface area contributed by atoms with Crippen LogP contribution in [0.25, 0.3) is 0 Å². The summed E-state index contributed by atoms with van der Waals surface area (Å²) in [5.41, 5.74) is 0. The lowest BCUT2D eigenvalue weighted by Gasteiger charge is -2.18. The van der Waals surface area contributed by atoms with Gasteiger partial charge in [0.25, 0.3) is 0 Å². The Morgan fingerprint density at radius 3 is 0.754 bits per heavy atom. The zero-order valence-electron chi connectivity index (χ0n) is 44.6. The van der Waals surface area contributed by atoms with Gasteiger partial charge in [-0.05, 0) is 31.1 Å². The SMILES string of the molecule is CCCCCCCCCCCCCCCCCCC(=O)O[C@@H](COC(=O)CCCCCCCCCCCCCCCCCCC(C)C)COC(=O)CCCCCCCCCCCC(C)C. The number of unbranched alkanes of at least 4 members (excludes halogenated alkanes) is 38. The topological polar surface area (TPSA) is 78.9 Å². The Hall–Kier alpha value is -1.59. The highest BCUT2D eigenvalue weighted by Gasteiger charge is 2.19. The van der Waals surface area contributed by atoms with Gasteiger partial charge >= 0.3 is 17.9 Å². The van der Waals surface area contributed by atoms with E-state index in [4.69, 9.17) is 14.2 Å². The summed E-state index contributed by atoms with van der Waals surface area (Å²) in [6, 6.07) is 0. The van der Waals surface area contributed by atoms with Crippen LogP contribution in [0.1, 0.15) is 330 Å². The monoisotopic (exact) mass is 919 g/mol. The number of hydrogen-bond acceptors (Lipinski definition) is 6. The van der Waals surface area contributed by atoms with Gasteiger partial charge < -0.3 is 14.2 Å². The van der Waals surface area contributed by atoms with Crippen LogP contribution in [0, 0.1) is 11.8 Å². The van der Waals surface area contributed by atoms with Gasteiger partial charge in [-0.3, -0.25) is 14.4 Å². The van der Waals surface area contributed by atoms with Crippen molar-refractivity contribution in [1.29, 1.82) is 0 Å². The maximum absolute atomic E-state index is 12.8. The quantitative estimate of drug-likeness (QED) is 0.0344. The molecule has 0 amide bonds. The van der Waals surface area contributed by atoms with E-state index in [0.717, 1.165) is 69.6 Å². The van der Waals surface area contributed by atoms with Crippen LogP contribution in [0.3, 0.4) is 0 Å². The molecule has 0 aliphatic rings. The number of carbonyl (C=O) groups excluding carboxylic acids is 3. The highest BCUT2D eigenvalue weighted by molar-refractivity contribution is 5.71. The van der Waals surface area contributed by atoms with E-state index in [0.29, 0.717) is 19.3 Å². The van der Waals surface area contributed by atoms with Crippen molar-refractivity contribution in [1.82, 2.24) is 0 Å². The van der Waals surface area contributed by atoms with Crippen molar-refractivity contribution in [2.24, 2.45) is 11.8 Å². The van der Waals surface area contributed by atoms with Gasteiger partial charge in [0.05, 0.1) is 0 Å². The summed E-state index contributed by atoms with van der Waals surface area (Å²) in [6.07, 6.45) is 55.3. The van der Waals surface area contributed by atoms with Crippen LogP contribution >= 0.6 is 0 Å². The predicted octanol–water partition coefficient (Wildman–Crippen LogP) is 19.3. The van der Waals surface area contributed by atoms with Crippen molar-refractivity contribution in [3.63, 3.8) is 0 Å². The van der Waals surface area contributed by atoms with Crippen LogP contribution in [-0.2, 0) is 28.6 Å². The summed E-state index contributed by atoms with van der Waals surface area (Å²) in [6.45, 7) is 11.4. The zero-order chi connectivity index (χ0) is 47.5. The molecular formula is C59H114O6. The summed E-state index contributed by atoms with van der Waals surface area (Å²) in [5, 5.41) is 0. The largest absolute Gasteiger partial charge is 0.462 e. The standard InChI is InChI=1S/C59H114O6/c1-6-7-8-9-10-11-12-13-14-18-22-25-30-36-41-46-51-59(62)65-56(53-64-58(61)50-45-40-35-31-26-28-33-38-43-48-55(4)5)52-63-57(60)49-44-39-34-29-24-21-19-16-15-17-20-23-27-32-37-42-47-54(2)3/h54-56H,6-53H2,1-5H3/t56-/m0/s1. The van der Waals surface area contributed by atoms with Gasteiger partial charge in [0.1, 0.15) is 13.2 Å². The minimum atomic E-state index is -0.763. The molecule has 0 unspecified atom stereocenters. The van der Waals surface area contributed by atoms with Gasteiger partial charge in [-0.2, -0.15) is 0 Å². The third kappa shape index (κ3) is 53.2. The Bertz CT molecular complexity index is 993. The second-order valence-corrected chi connectivity index (χ2v) is 21.2. The van der Waals surface area contributed by atoms with E-state index >= 15 is 0 Å². The fourth-order valence-electron chi connectivity index (χ4n) is 9.05. The van der Waals surface area contributed by atoms with E-state index in [1.807, 2.05) is 0 Å². The fourth-order valence-corrected chi connectivity index (χ4v) is 9.05. The Balaban J connectivity index is 4.26. The Morgan fingerprint density at radius 1 is 0.292 bits per heavy atom. The Morgan fingerprint density at radius 2 is 0.508 bits per heavy atom. The molecule has 386 valence electrons. The molecule has 1 atom stereocenters. The lowest BCUT2D eigenvalue weighted by molar-refractivity contribution is -0.167. The molecule has 0 aromatic heterocycles. The summed E-state index contributed by atoms with van der Waals surface area (Å²) < 4.78 is 16.9. The van der Waals surface area contributed by atoms with Crippen molar-refractivity contribution in [3.8, 4) is 0 Å². The highest BCUT2D eigenvalue weighted by Crippen LogP contribution is 2.18. The van der Waals surface area contributed by atoms with Crippen molar-refractivity contribution in [2.75, 3.05) is 13.2 Å². The lowest BCUT2D eigenvalue weighted by Crippen LogP contribution is -2.30. The molecule has 0 aromatic rings. The predicted molar refractivity (Wildman–Crippen MR) is 280 cm³/mol. The summed E-state index contributed by atoms with van der Waals surface area (Å²) in [7, 11) is 0. The van der Waals surface area contributed by atoms with Crippen LogP contribution in [0.5, 0.6) is 0 Å². The minimum absolute atomic E-state index is 0.0628. The molecule has 0 bridgehead atoms. The molecule has 65 heavy (non-hydrogen) atoms. The van der Waals surface area contributed by atoms with E-state index in [9.17, 15) is 14.4 Å². The number of ether oxygens (including phenoxy) is 3. The molecule has 0 aromatic carbocycles. The molecule has 0 aliphatic carbocycles. The average molecular weight is 920 g/mol. The van der Waals surface area contributed by atoms with Gasteiger partial charge in [-0.15, -0.1) is 0 Å². The van der Waals surface area contributed by atoms with Crippen LogP contribution in [-0.4, -0.2) is 37.2 Å². The Kier molecular flexibility index (Phi) is 50.5. The third-order valence-electron chi connectivity index (χ3n) is 13.5. The number of carbonyl (C=O) groups is 3. The molecule has 6 heteroatoms. The number of esters is 3. The van der Waals surface area contributed by atoms with E-state index in [1.54, 1.807) is 0 Å². The molecule has 0 heterocycles. The number of rotatable bonds is 53. The molecule has 0 radical (unpaired) electrons. The van der Waals surface area contributed by atoms with Crippen LogP contribution in [0.2, 0.25) is 0 Å². The van der Waals surface area contributed by atoms with Gasteiger partial charge in [-0.1, -0.05) is 291 Å². The van der Waals surface area contributed by atoms with Gasteiger partial charge in [0.15, 0.2) is 6.10 Å². The normalized spacial score (nSPS) is 12.0. The second kappa shape index (κ2) is 51.8. The van der Waals surface area contributed by atoms with Gasteiger partial charge in [0, 0.05) is 19.3 Å². The van der Waals surface area contributed by atoms with Crippen molar-refractivity contribution in [3.05, 3.63) is 0 Å². The van der Waals surface area contributed by atoms with Crippen molar-refractivity contribution < 1.29 is 28.6 Å². The fraction of sp³-hybridized carbons (Fsp3) is 0.949. The third-order valence-corrected chi connectivity index (χ3v) is 13.5. The maximum Gasteiger partial charge on any atom is 0.306 e. The molecule has 0 rings (SSSR count). The summed E-state index contributed by atoms with van der Waals surface area (Å²) in [5.74, 6) is 0.822. The zero-order valence-corrected chi connectivity index (χ0v) is 44.6. The summed E-state index contributed by atoms with van der Waals surface area (Å²) in [4.78, 5) is 38.1. The lowest BCUT2D eigenvalue weighted by atomic mass is 10.0. The maximum atomic E-state index is 12.8. The van der Waals surface area contributed by atoms with Crippen molar-refractivity contribution in [2.45, 2.75) is 336 Å². The first-order valence-corrected chi connectivity index (χ1v) is 29.2. The molecular weight excluding hydrogens is 805 g/mol. The van der Waals surface area contributed by atoms with E-state index < -0.39 is 6.10 Å². The van der Waals surface area contributed by atoms with Gasteiger partial charge in [-0.25, -0.2) is 0 Å². The van der Waals surface area contributed by atoms with Crippen LogP contribution in [0.15, 0.2) is 0 Å². The number of hydrogen-bond donors (Lipinski definition) is 0. The molecule has 6 nitrogen and oxygen atoms in total. The van der Waals surface area contributed by atoms with E-state index in [1.165, 1.54) is 218 Å². The van der Waals surface area contributed by atoms with Crippen molar-refractivity contribution >= 4 is 17.9 Å². The smallest absolute Gasteiger partial charge is 0.306 e. The molecule has 0 spiro atoms. The molecule has 0 saturated heterocycles. The first-order valence-electron chi connectivity index (χ1n) is 29.2. The summed E-state index contributed by atoms with van der Waals surface area (Å²) >= 11 is 0. The molecule has 0 N–H and O–H groups in total. The minimum Gasteiger partial charge on any atom is -0.462 e. The van der Waals surface area contributed by atoms with E-state index in [2.05, 4.69) is 34.6 Å². The van der Waals surface area contributed by atoms with Crippen LogP contribution in [0.4, 0.5) is 0 Å². The average Bonchev–Trinajstić information content (AvgIpc) is 3.28. The second-order valence-electron chi connectivity index (χ2n) is 21.2. The van der Waals surface area contributed by atoms with Crippen LogP contribution < -0.4 is 0 Å². The molecule has 0 aliphatic heterocycles. The first kappa shape index (κ1) is 63.4. The molecule has 0 saturated carbocycles. The first-order chi connectivity index (χ1) is 31.7. The van der Waals surface area contributed by atoms with E-state index in [-0.39, 0.29) is 31.1 Å².